The van der Waals surface area contributed by atoms with Crippen molar-refractivity contribution in [1.82, 2.24) is 0 Å². The smallest absolute Gasteiger partial charge is 0.426 e. The average molecular weight is 267 g/mol. The highest BCUT2D eigenvalue weighted by atomic mass is 16.6. The first-order chi connectivity index (χ1) is 9.40. The fourth-order valence-electron chi connectivity index (χ4n) is 1.86. The van der Waals surface area contributed by atoms with E-state index in [2.05, 4.69) is 6.04 Å². The number of amides is 1. The fourth-order valence-corrected chi connectivity index (χ4v) is 1.86. The van der Waals surface area contributed by atoms with E-state index in [9.17, 15) is 4.79 Å². The lowest BCUT2D eigenvalue weighted by Crippen LogP contribution is -2.33. The van der Waals surface area contributed by atoms with Gasteiger partial charge in [-0.2, -0.15) is 0 Å². The first-order valence-corrected chi connectivity index (χ1v) is 6.39. The van der Waals surface area contributed by atoms with Crippen LogP contribution in [0.2, 0.25) is 0 Å². The Morgan fingerprint density at radius 2 is 1.80 bits per heavy atom. The summed E-state index contributed by atoms with van der Waals surface area (Å²) in [4.78, 5) is 13.3. The summed E-state index contributed by atoms with van der Waals surface area (Å²) >= 11 is 0. The second-order valence-electron chi connectivity index (χ2n) is 5.48. The Kier molecular flexibility index (Phi) is 3.67. The van der Waals surface area contributed by atoms with Crippen LogP contribution in [0, 0.1) is 12.5 Å². The molecule has 2 aromatic rings. The monoisotopic (exact) mass is 267 g/mol. The van der Waals surface area contributed by atoms with E-state index in [1.165, 1.54) is 4.90 Å². The molecular weight excluding hydrogens is 250 g/mol. The van der Waals surface area contributed by atoms with Crippen LogP contribution in [0.4, 0.5) is 10.5 Å². The van der Waals surface area contributed by atoms with Gasteiger partial charge in [-0.25, -0.2) is 9.69 Å². The lowest BCUT2D eigenvalue weighted by Gasteiger charge is -2.23. The molecule has 0 heterocycles. The Hall–Kier alpha value is -2.47. The first kappa shape index (κ1) is 14.0. The Balaban J connectivity index is 2.35. The van der Waals surface area contributed by atoms with Crippen LogP contribution in [0.3, 0.4) is 0 Å². The van der Waals surface area contributed by atoms with Crippen molar-refractivity contribution in [1.29, 1.82) is 0 Å². The van der Waals surface area contributed by atoms with Crippen LogP contribution in [0.15, 0.2) is 42.5 Å². The van der Waals surface area contributed by atoms with Gasteiger partial charge in [-0.1, -0.05) is 36.8 Å². The third-order valence-electron chi connectivity index (χ3n) is 2.70. The lowest BCUT2D eigenvalue weighted by atomic mass is 10.1. The van der Waals surface area contributed by atoms with Crippen LogP contribution in [0.25, 0.3) is 10.8 Å². The number of carbonyl (C=O) groups is 1. The molecule has 0 fully saturated rings. The van der Waals surface area contributed by atoms with E-state index in [0.717, 1.165) is 10.8 Å². The van der Waals surface area contributed by atoms with Crippen LogP contribution in [0.5, 0.6) is 0 Å². The molecular formula is C17H17NO2. The van der Waals surface area contributed by atoms with Gasteiger partial charge in [0, 0.05) is 6.04 Å². The van der Waals surface area contributed by atoms with Crippen LogP contribution in [-0.4, -0.2) is 11.7 Å². The molecule has 0 saturated heterocycles. The summed E-state index contributed by atoms with van der Waals surface area (Å²) < 4.78 is 5.30. The van der Waals surface area contributed by atoms with Crippen molar-refractivity contribution in [3.05, 3.63) is 42.5 Å². The molecule has 0 spiro atoms. The van der Waals surface area contributed by atoms with Gasteiger partial charge in [-0.05, 0) is 43.7 Å². The number of ether oxygens (including phenoxy) is 1. The minimum absolute atomic E-state index is 0.546. The SMILES string of the molecule is C#CN(C(=O)OC(C)(C)C)c1ccc2ccccc2c1. The van der Waals surface area contributed by atoms with Gasteiger partial charge in [0.2, 0.25) is 0 Å². The predicted octanol–water partition coefficient (Wildman–Crippen LogP) is 4.17. The van der Waals surface area contributed by atoms with Crippen LogP contribution >= 0.6 is 0 Å². The molecule has 0 atom stereocenters. The molecule has 1 amide bonds. The van der Waals surface area contributed by atoms with Crippen LogP contribution in [0.1, 0.15) is 20.8 Å². The normalized spacial score (nSPS) is 10.9. The van der Waals surface area contributed by atoms with Gasteiger partial charge in [-0.3, -0.25) is 0 Å². The number of fused-ring (bicyclic) bond motifs is 1. The van der Waals surface area contributed by atoms with E-state index in [1.54, 1.807) is 20.8 Å². The maximum Gasteiger partial charge on any atom is 0.426 e. The van der Waals surface area contributed by atoms with Gasteiger partial charge in [0.05, 0.1) is 5.69 Å². The van der Waals surface area contributed by atoms with E-state index in [0.29, 0.717) is 5.69 Å². The standard InChI is InChI=1S/C17H17NO2/c1-5-18(16(19)20-17(2,3)4)15-11-10-13-8-6-7-9-14(13)12-15/h1,6-12H,2-4H3. The summed E-state index contributed by atoms with van der Waals surface area (Å²) in [5, 5.41) is 2.12. The number of hydrogen-bond donors (Lipinski definition) is 0. The number of hydrogen-bond acceptors (Lipinski definition) is 2. The third kappa shape index (κ3) is 3.10. The van der Waals surface area contributed by atoms with Crippen molar-refractivity contribution in [2.75, 3.05) is 4.90 Å². The van der Waals surface area contributed by atoms with Gasteiger partial charge in [-0.15, -0.1) is 0 Å². The molecule has 0 aliphatic rings. The summed E-state index contributed by atoms with van der Waals surface area (Å²) in [6.45, 7) is 5.42. The Bertz CT molecular complexity index is 677. The van der Waals surface area contributed by atoms with Gasteiger partial charge < -0.3 is 4.74 Å². The molecule has 0 aliphatic carbocycles. The number of carbonyl (C=O) groups excluding carboxylic acids is 1. The number of anilines is 1. The first-order valence-electron chi connectivity index (χ1n) is 6.39. The van der Waals surface area contributed by atoms with Crippen molar-refractivity contribution >= 4 is 22.6 Å². The van der Waals surface area contributed by atoms with Crippen molar-refractivity contribution in [2.45, 2.75) is 26.4 Å². The molecule has 20 heavy (non-hydrogen) atoms. The van der Waals surface area contributed by atoms with E-state index >= 15 is 0 Å². The van der Waals surface area contributed by atoms with Crippen molar-refractivity contribution in [2.24, 2.45) is 0 Å². The number of terminal acetylenes is 1. The van der Waals surface area contributed by atoms with Gasteiger partial charge in [0.25, 0.3) is 0 Å². The highest BCUT2D eigenvalue weighted by molar-refractivity contribution is 5.95. The Labute approximate surface area is 119 Å². The molecule has 2 aromatic carbocycles. The molecule has 0 aliphatic heterocycles. The van der Waals surface area contributed by atoms with Gasteiger partial charge >= 0.3 is 6.09 Å². The summed E-state index contributed by atoms with van der Waals surface area (Å²) in [6.07, 6.45) is 4.90. The van der Waals surface area contributed by atoms with Crippen molar-refractivity contribution in [3.63, 3.8) is 0 Å². The largest absolute Gasteiger partial charge is 0.443 e. The number of rotatable bonds is 1. The van der Waals surface area contributed by atoms with Crippen molar-refractivity contribution in [3.8, 4) is 12.5 Å². The maximum absolute atomic E-state index is 12.1. The minimum Gasteiger partial charge on any atom is -0.443 e. The maximum atomic E-state index is 12.1. The molecule has 2 rings (SSSR count). The van der Waals surface area contributed by atoms with E-state index in [-0.39, 0.29) is 0 Å². The second-order valence-corrected chi connectivity index (χ2v) is 5.48. The zero-order valence-electron chi connectivity index (χ0n) is 11.9. The molecule has 3 nitrogen and oxygen atoms in total. The molecule has 0 saturated carbocycles. The highest BCUT2D eigenvalue weighted by Gasteiger charge is 2.22. The van der Waals surface area contributed by atoms with Crippen molar-refractivity contribution < 1.29 is 9.53 Å². The highest BCUT2D eigenvalue weighted by Crippen LogP contribution is 2.23. The Morgan fingerprint density at radius 3 is 2.40 bits per heavy atom. The lowest BCUT2D eigenvalue weighted by molar-refractivity contribution is 0.0600. The second kappa shape index (κ2) is 5.26. The van der Waals surface area contributed by atoms with Gasteiger partial charge in [0.1, 0.15) is 5.60 Å². The molecule has 0 bridgehead atoms. The van der Waals surface area contributed by atoms with Crippen LogP contribution in [-0.2, 0) is 4.74 Å². The van der Waals surface area contributed by atoms with Crippen LogP contribution < -0.4 is 4.90 Å². The predicted molar refractivity (Wildman–Crippen MR) is 81.5 cm³/mol. The Morgan fingerprint density at radius 1 is 1.15 bits per heavy atom. The molecule has 102 valence electrons. The zero-order valence-corrected chi connectivity index (χ0v) is 11.9. The topological polar surface area (TPSA) is 29.5 Å². The minimum atomic E-state index is -0.580. The quantitative estimate of drug-likeness (QED) is 0.573. The fraction of sp³-hybridized carbons (Fsp3) is 0.235. The summed E-state index contributed by atoms with van der Waals surface area (Å²) in [5.74, 6) is 0. The molecule has 3 heteroatoms. The summed E-state index contributed by atoms with van der Waals surface area (Å²) in [5.41, 5.74) is 0.0451. The number of benzene rings is 2. The zero-order chi connectivity index (χ0) is 14.8. The molecule has 0 radical (unpaired) electrons. The van der Waals surface area contributed by atoms with Gasteiger partial charge in [0.15, 0.2) is 0 Å². The van der Waals surface area contributed by atoms with E-state index in [4.69, 9.17) is 11.2 Å². The third-order valence-corrected chi connectivity index (χ3v) is 2.70. The molecule has 0 aromatic heterocycles. The summed E-state index contributed by atoms with van der Waals surface area (Å²) in [7, 11) is 0. The van der Waals surface area contributed by atoms with E-state index in [1.807, 2.05) is 42.5 Å². The summed E-state index contributed by atoms with van der Waals surface area (Å²) in [6, 6.07) is 15.9. The molecule has 0 N–H and O–H groups in total. The molecule has 0 unspecified atom stereocenters. The number of nitrogens with zero attached hydrogens (tertiary/aromatic N) is 1. The van der Waals surface area contributed by atoms with E-state index < -0.39 is 11.7 Å². The average Bonchev–Trinajstić information content (AvgIpc) is 2.37.